The van der Waals surface area contributed by atoms with E-state index in [0.717, 1.165) is 29.0 Å². The van der Waals surface area contributed by atoms with Gasteiger partial charge >= 0.3 is 0 Å². The highest BCUT2D eigenvalue weighted by atomic mass is 32.2. The van der Waals surface area contributed by atoms with Crippen LogP contribution in [0.4, 0.5) is 5.69 Å². The Bertz CT molecular complexity index is 873. The SMILES string of the molecule is C[C@@H]1C(=O)Nc2ccc(S(=O)(=O)N[C@H](C)C34CC5CC(CC(C5)C3)C4)cc21. The van der Waals surface area contributed by atoms with Gasteiger partial charge in [-0.3, -0.25) is 4.79 Å². The highest BCUT2D eigenvalue weighted by Crippen LogP contribution is 2.61. The Morgan fingerprint density at radius 2 is 1.70 bits per heavy atom. The molecule has 6 rings (SSSR count). The lowest BCUT2D eigenvalue weighted by Gasteiger charge is -2.59. The van der Waals surface area contributed by atoms with Crippen molar-refractivity contribution in [3.05, 3.63) is 23.8 Å². The summed E-state index contributed by atoms with van der Waals surface area (Å²) in [5.41, 5.74) is 1.62. The number of hydrogen-bond donors (Lipinski definition) is 2. The summed E-state index contributed by atoms with van der Waals surface area (Å²) in [6.07, 6.45) is 7.56. The maximum atomic E-state index is 13.1. The summed E-state index contributed by atoms with van der Waals surface area (Å²) in [6, 6.07) is 4.92. The molecular formula is C21H28N2O3S. The Balaban J connectivity index is 1.40. The first-order valence-corrected chi connectivity index (χ1v) is 11.7. The average molecular weight is 389 g/mol. The molecule has 0 radical (unpaired) electrons. The van der Waals surface area contributed by atoms with Gasteiger partial charge in [0, 0.05) is 11.7 Å². The molecule has 0 unspecified atom stereocenters. The third-order valence-corrected chi connectivity index (χ3v) is 9.33. The van der Waals surface area contributed by atoms with E-state index in [1.165, 1.54) is 38.5 Å². The predicted molar refractivity (Wildman–Crippen MR) is 104 cm³/mol. The van der Waals surface area contributed by atoms with Crippen LogP contribution in [-0.2, 0) is 14.8 Å². The molecule has 1 aliphatic heterocycles. The van der Waals surface area contributed by atoms with Crippen LogP contribution in [0.5, 0.6) is 0 Å². The second kappa shape index (κ2) is 5.80. The van der Waals surface area contributed by atoms with E-state index < -0.39 is 10.0 Å². The normalized spacial score (nSPS) is 37.9. The van der Waals surface area contributed by atoms with Crippen molar-refractivity contribution in [2.75, 3.05) is 5.32 Å². The number of carbonyl (C=O) groups is 1. The fourth-order valence-corrected chi connectivity index (χ4v) is 8.08. The molecule has 1 heterocycles. The first-order valence-electron chi connectivity index (χ1n) is 10.2. The Hall–Kier alpha value is -1.40. The van der Waals surface area contributed by atoms with Crippen LogP contribution in [0.15, 0.2) is 23.1 Å². The van der Waals surface area contributed by atoms with E-state index in [9.17, 15) is 13.2 Å². The number of sulfonamides is 1. The van der Waals surface area contributed by atoms with Crippen LogP contribution >= 0.6 is 0 Å². The monoisotopic (exact) mass is 388 g/mol. The fourth-order valence-electron chi connectivity index (χ4n) is 6.70. The van der Waals surface area contributed by atoms with Crippen molar-refractivity contribution in [2.45, 2.75) is 69.2 Å². The van der Waals surface area contributed by atoms with Gasteiger partial charge in [-0.1, -0.05) is 0 Å². The van der Waals surface area contributed by atoms with Gasteiger partial charge in [0.2, 0.25) is 15.9 Å². The zero-order valence-electron chi connectivity index (χ0n) is 16.0. The molecule has 4 aliphatic carbocycles. The van der Waals surface area contributed by atoms with Gasteiger partial charge < -0.3 is 5.32 Å². The van der Waals surface area contributed by atoms with Crippen LogP contribution in [-0.4, -0.2) is 20.4 Å². The molecule has 2 atom stereocenters. The summed E-state index contributed by atoms with van der Waals surface area (Å²) in [5.74, 6) is 1.99. The van der Waals surface area contributed by atoms with Crippen LogP contribution < -0.4 is 10.0 Å². The first-order chi connectivity index (χ1) is 12.8. The lowest BCUT2D eigenvalue weighted by atomic mass is 9.48. The van der Waals surface area contributed by atoms with Crippen LogP contribution in [0.25, 0.3) is 0 Å². The molecule has 146 valence electrons. The Labute approximate surface area is 161 Å². The minimum atomic E-state index is -3.60. The Morgan fingerprint density at radius 3 is 2.30 bits per heavy atom. The molecule has 5 nitrogen and oxygen atoms in total. The largest absolute Gasteiger partial charge is 0.325 e. The van der Waals surface area contributed by atoms with E-state index in [0.29, 0.717) is 0 Å². The third kappa shape index (κ3) is 2.75. The van der Waals surface area contributed by atoms with Crippen molar-refractivity contribution in [3.63, 3.8) is 0 Å². The molecule has 1 aromatic carbocycles. The van der Waals surface area contributed by atoms with Gasteiger partial charge in [0.05, 0.1) is 10.8 Å². The summed E-state index contributed by atoms with van der Waals surface area (Å²) in [4.78, 5) is 12.1. The summed E-state index contributed by atoms with van der Waals surface area (Å²) < 4.78 is 29.2. The van der Waals surface area contributed by atoms with E-state index in [1.807, 2.05) is 6.92 Å². The molecule has 0 aromatic heterocycles. The second-order valence-electron chi connectivity index (χ2n) is 9.58. The highest BCUT2D eigenvalue weighted by Gasteiger charge is 2.53. The number of carbonyl (C=O) groups excluding carboxylic acids is 1. The molecule has 0 spiro atoms. The molecule has 4 bridgehead atoms. The lowest BCUT2D eigenvalue weighted by molar-refractivity contribution is -0.116. The molecule has 1 amide bonds. The van der Waals surface area contributed by atoms with E-state index in [4.69, 9.17) is 0 Å². The van der Waals surface area contributed by atoms with Crippen molar-refractivity contribution >= 4 is 21.6 Å². The number of anilines is 1. The average Bonchev–Trinajstić information content (AvgIpc) is 2.87. The zero-order chi connectivity index (χ0) is 19.0. The lowest BCUT2D eigenvalue weighted by Crippen LogP contribution is -2.55. The van der Waals surface area contributed by atoms with Gasteiger partial charge in [0.1, 0.15) is 0 Å². The van der Waals surface area contributed by atoms with Crippen molar-refractivity contribution in [1.82, 2.24) is 4.72 Å². The van der Waals surface area contributed by atoms with Crippen LogP contribution in [0.3, 0.4) is 0 Å². The van der Waals surface area contributed by atoms with Crippen LogP contribution in [0.2, 0.25) is 0 Å². The quantitative estimate of drug-likeness (QED) is 0.827. The summed E-state index contributed by atoms with van der Waals surface area (Å²) >= 11 is 0. The minimum Gasteiger partial charge on any atom is -0.325 e. The van der Waals surface area contributed by atoms with E-state index >= 15 is 0 Å². The van der Waals surface area contributed by atoms with Crippen molar-refractivity contribution in [2.24, 2.45) is 23.2 Å². The highest BCUT2D eigenvalue weighted by molar-refractivity contribution is 7.89. The zero-order valence-corrected chi connectivity index (χ0v) is 16.8. The predicted octanol–water partition coefficient (Wildman–Crippen LogP) is 3.63. The number of amides is 1. The van der Waals surface area contributed by atoms with E-state index in [-0.39, 0.29) is 28.2 Å². The van der Waals surface area contributed by atoms with E-state index in [1.54, 1.807) is 18.2 Å². The first kappa shape index (κ1) is 17.7. The van der Waals surface area contributed by atoms with Gasteiger partial charge in [-0.2, -0.15) is 0 Å². The number of hydrogen-bond acceptors (Lipinski definition) is 3. The van der Waals surface area contributed by atoms with Gasteiger partial charge in [-0.15, -0.1) is 0 Å². The minimum absolute atomic E-state index is 0.0543. The molecule has 4 saturated carbocycles. The fraction of sp³-hybridized carbons (Fsp3) is 0.667. The van der Waals surface area contributed by atoms with Crippen molar-refractivity contribution in [1.29, 1.82) is 0 Å². The van der Waals surface area contributed by atoms with Crippen molar-refractivity contribution in [3.8, 4) is 0 Å². The van der Waals surface area contributed by atoms with Crippen LogP contribution in [0, 0.1) is 23.2 Å². The van der Waals surface area contributed by atoms with Crippen molar-refractivity contribution < 1.29 is 13.2 Å². The summed E-state index contributed by atoms with van der Waals surface area (Å²) in [5, 5.41) is 2.80. The summed E-state index contributed by atoms with van der Waals surface area (Å²) in [7, 11) is -3.60. The molecule has 5 aliphatic rings. The molecule has 0 saturated heterocycles. The molecule has 6 heteroatoms. The Kier molecular flexibility index (Phi) is 3.80. The molecule has 1 aromatic rings. The number of nitrogens with one attached hydrogen (secondary N) is 2. The standard InChI is InChI=1S/C21H28N2O3S/c1-12-18-8-17(3-4-19(18)22-20(12)24)27(25,26)23-13(2)21-9-14-5-15(10-21)7-16(6-14)11-21/h3-4,8,12-16,23H,5-7,9-11H2,1-2H3,(H,22,24)/t12-,13+,14?,15?,16?,21?/m0/s1. The number of rotatable bonds is 4. The maximum absolute atomic E-state index is 13.1. The van der Waals surface area contributed by atoms with Crippen LogP contribution in [0.1, 0.15) is 63.9 Å². The third-order valence-electron chi connectivity index (χ3n) is 7.79. The van der Waals surface area contributed by atoms with Gasteiger partial charge in [0.15, 0.2) is 0 Å². The summed E-state index contributed by atoms with van der Waals surface area (Å²) in [6.45, 7) is 3.87. The number of benzene rings is 1. The molecule has 4 fully saturated rings. The Morgan fingerprint density at radius 1 is 1.11 bits per heavy atom. The van der Waals surface area contributed by atoms with Gasteiger partial charge in [0.25, 0.3) is 0 Å². The topological polar surface area (TPSA) is 75.3 Å². The maximum Gasteiger partial charge on any atom is 0.240 e. The molecule has 27 heavy (non-hydrogen) atoms. The smallest absolute Gasteiger partial charge is 0.240 e. The molecule has 2 N–H and O–H groups in total. The number of fused-ring (bicyclic) bond motifs is 1. The second-order valence-corrected chi connectivity index (χ2v) is 11.3. The van der Waals surface area contributed by atoms with Gasteiger partial charge in [-0.25, -0.2) is 13.1 Å². The molecular weight excluding hydrogens is 360 g/mol. The van der Waals surface area contributed by atoms with E-state index in [2.05, 4.69) is 17.0 Å². The van der Waals surface area contributed by atoms with Gasteiger partial charge in [-0.05, 0) is 99.3 Å².